The average molecular weight is 455 g/mol. The number of benzene rings is 2. The zero-order valence-corrected chi connectivity index (χ0v) is 16.8. The van der Waals surface area contributed by atoms with Gasteiger partial charge in [0.05, 0.1) is 37.2 Å². The van der Waals surface area contributed by atoms with E-state index in [1.54, 1.807) is 12.1 Å². The van der Waals surface area contributed by atoms with Gasteiger partial charge in [-0.2, -0.15) is 0 Å². The van der Waals surface area contributed by atoms with Crippen LogP contribution in [-0.2, 0) is 4.79 Å². The van der Waals surface area contributed by atoms with E-state index in [1.807, 2.05) is 0 Å². The molecule has 1 saturated heterocycles. The number of nitro groups is 1. The number of thioether (sulfide) groups is 1. The van der Waals surface area contributed by atoms with Gasteiger partial charge in [-0.25, -0.2) is 0 Å². The molecule has 11 heteroatoms. The monoisotopic (exact) mass is 454 g/mol. The first-order chi connectivity index (χ1) is 13.3. The van der Waals surface area contributed by atoms with E-state index in [9.17, 15) is 14.9 Å². The summed E-state index contributed by atoms with van der Waals surface area (Å²) in [6, 6.07) is 7.44. The predicted octanol–water partition coefficient (Wildman–Crippen LogP) is 5.04. The maximum absolute atomic E-state index is 12.9. The lowest BCUT2D eigenvalue weighted by molar-refractivity contribution is -0.385. The molecule has 0 aliphatic carbocycles. The minimum Gasteiger partial charge on any atom is -0.454 e. The molecular weight excluding hydrogens is 447 g/mol. The van der Waals surface area contributed by atoms with E-state index in [2.05, 4.69) is 0 Å². The Morgan fingerprint density at radius 3 is 2.57 bits per heavy atom. The fraction of sp³-hybridized carbons (Fsp3) is 0.0588. The van der Waals surface area contributed by atoms with Crippen molar-refractivity contribution in [2.75, 3.05) is 11.7 Å². The van der Waals surface area contributed by atoms with E-state index < -0.39 is 10.8 Å². The van der Waals surface area contributed by atoms with Crippen molar-refractivity contribution in [2.45, 2.75) is 0 Å². The van der Waals surface area contributed by atoms with E-state index >= 15 is 0 Å². The zero-order valence-electron chi connectivity index (χ0n) is 13.7. The van der Waals surface area contributed by atoms with E-state index in [1.165, 1.54) is 29.2 Å². The molecule has 2 aromatic carbocycles. The Morgan fingerprint density at radius 1 is 1.18 bits per heavy atom. The van der Waals surface area contributed by atoms with Gasteiger partial charge in [0, 0.05) is 0 Å². The summed E-state index contributed by atoms with van der Waals surface area (Å²) < 4.78 is 10.7. The van der Waals surface area contributed by atoms with Crippen LogP contribution in [0, 0.1) is 10.1 Å². The molecule has 2 aromatic rings. The number of amides is 1. The highest BCUT2D eigenvalue weighted by Crippen LogP contribution is 2.42. The first-order valence-corrected chi connectivity index (χ1v) is 9.64. The van der Waals surface area contributed by atoms with Crippen molar-refractivity contribution < 1.29 is 19.2 Å². The summed E-state index contributed by atoms with van der Waals surface area (Å²) in [6.07, 6.45) is 1.41. The van der Waals surface area contributed by atoms with Crippen molar-refractivity contribution in [1.29, 1.82) is 0 Å². The summed E-state index contributed by atoms with van der Waals surface area (Å²) in [4.78, 5) is 25.3. The quantitative estimate of drug-likeness (QED) is 0.278. The van der Waals surface area contributed by atoms with E-state index in [0.29, 0.717) is 16.5 Å². The molecule has 2 heterocycles. The summed E-state index contributed by atoms with van der Waals surface area (Å²) in [5.74, 6) is 0.240. The molecule has 7 nitrogen and oxygen atoms in total. The number of nitro benzene ring substituents is 1. The number of ether oxygens (including phenoxy) is 2. The molecule has 2 aliphatic heterocycles. The van der Waals surface area contributed by atoms with Crippen LogP contribution in [0.4, 0.5) is 11.4 Å². The highest BCUT2D eigenvalue weighted by Gasteiger charge is 2.34. The lowest BCUT2D eigenvalue weighted by Gasteiger charge is -2.15. The van der Waals surface area contributed by atoms with Crippen molar-refractivity contribution in [3.63, 3.8) is 0 Å². The molecule has 0 N–H and O–H groups in total. The van der Waals surface area contributed by atoms with E-state index in [0.717, 1.165) is 11.8 Å². The van der Waals surface area contributed by atoms with Gasteiger partial charge in [-0.1, -0.05) is 47.2 Å². The highest BCUT2D eigenvalue weighted by atomic mass is 35.5. The van der Waals surface area contributed by atoms with Crippen LogP contribution in [0.3, 0.4) is 0 Å². The van der Waals surface area contributed by atoms with Gasteiger partial charge < -0.3 is 9.47 Å². The fourth-order valence-electron chi connectivity index (χ4n) is 2.68. The number of carbonyl (C=O) groups excluding carboxylic acids is 1. The van der Waals surface area contributed by atoms with Gasteiger partial charge >= 0.3 is 0 Å². The lowest BCUT2D eigenvalue weighted by atomic mass is 10.1. The molecule has 0 saturated carbocycles. The number of hydrogen-bond acceptors (Lipinski definition) is 7. The summed E-state index contributed by atoms with van der Waals surface area (Å²) in [7, 11) is 0. The van der Waals surface area contributed by atoms with Crippen LogP contribution in [0.15, 0.2) is 35.2 Å². The number of halogens is 2. The minimum absolute atomic E-state index is 0.0185. The molecule has 0 aromatic heterocycles. The summed E-state index contributed by atoms with van der Waals surface area (Å²) in [5, 5.41) is 12.1. The average Bonchev–Trinajstić information content (AvgIpc) is 3.21. The first kappa shape index (κ1) is 19.0. The number of carbonyl (C=O) groups is 1. The Hall–Kier alpha value is -2.33. The topological polar surface area (TPSA) is 81.9 Å². The molecule has 1 fully saturated rings. The summed E-state index contributed by atoms with van der Waals surface area (Å²) >= 11 is 18.3. The van der Waals surface area contributed by atoms with Crippen LogP contribution in [0.5, 0.6) is 11.5 Å². The second-order valence-corrected chi connectivity index (χ2v) is 8.13. The van der Waals surface area contributed by atoms with Crippen LogP contribution in [0.2, 0.25) is 10.0 Å². The Bertz CT molecular complexity index is 1090. The Morgan fingerprint density at radius 2 is 1.89 bits per heavy atom. The van der Waals surface area contributed by atoms with Gasteiger partial charge in [-0.05, 0) is 30.3 Å². The molecule has 142 valence electrons. The number of thiocarbonyl (C=S) groups is 1. The smallest absolute Gasteiger partial charge is 0.280 e. The molecular formula is C17H8Cl2N2O5S2. The normalized spacial score (nSPS) is 16.9. The molecule has 0 bridgehead atoms. The van der Waals surface area contributed by atoms with Crippen LogP contribution in [-0.4, -0.2) is 21.9 Å². The van der Waals surface area contributed by atoms with Crippen molar-refractivity contribution in [3.05, 3.63) is 61.0 Å². The van der Waals surface area contributed by atoms with Crippen molar-refractivity contribution in [1.82, 2.24) is 0 Å². The molecule has 4 rings (SSSR count). The lowest BCUT2D eigenvalue weighted by Crippen LogP contribution is -2.27. The molecule has 0 spiro atoms. The molecule has 0 atom stereocenters. The second kappa shape index (κ2) is 7.25. The maximum Gasteiger partial charge on any atom is 0.280 e. The highest BCUT2D eigenvalue weighted by molar-refractivity contribution is 8.27. The van der Waals surface area contributed by atoms with Gasteiger partial charge in [0.15, 0.2) is 15.8 Å². The van der Waals surface area contributed by atoms with Crippen LogP contribution in [0.25, 0.3) is 6.08 Å². The van der Waals surface area contributed by atoms with Gasteiger partial charge in [-0.3, -0.25) is 19.8 Å². The molecule has 2 aliphatic rings. The number of fused-ring (bicyclic) bond motifs is 1. The third kappa shape index (κ3) is 3.30. The Labute approximate surface area is 178 Å². The number of rotatable bonds is 3. The van der Waals surface area contributed by atoms with E-state index in [4.69, 9.17) is 44.9 Å². The summed E-state index contributed by atoms with van der Waals surface area (Å²) in [5.41, 5.74) is 0.466. The maximum atomic E-state index is 12.9. The first-order valence-electron chi connectivity index (χ1n) is 7.66. The van der Waals surface area contributed by atoms with Gasteiger partial charge in [0.2, 0.25) is 6.79 Å². The van der Waals surface area contributed by atoms with Gasteiger partial charge in [-0.15, -0.1) is 0 Å². The SMILES string of the molecule is O=C1/C(=C\c2cc3c(cc2[N+](=O)[O-])OCO3)SC(=S)N1c1ccc(Cl)c(Cl)c1. The number of hydrogen-bond donors (Lipinski definition) is 0. The van der Waals surface area contributed by atoms with Crippen molar-refractivity contribution in [2.24, 2.45) is 0 Å². The van der Waals surface area contributed by atoms with E-state index in [-0.39, 0.29) is 38.0 Å². The Kier molecular flexibility index (Phi) is 4.92. The molecule has 1 amide bonds. The molecule has 0 unspecified atom stereocenters. The molecule has 0 radical (unpaired) electrons. The molecule has 28 heavy (non-hydrogen) atoms. The number of nitrogens with zero attached hydrogens (tertiary/aromatic N) is 2. The van der Waals surface area contributed by atoms with Crippen molar-refractivity contribution in [3.8, 4) is 11.5 Å². The third-order valence-electron chi connectivity index (χ3n) is 3.96. The summed E-state index contributed by atoms with van der Waals surface area (Å²) in [6.45, 7) is -0.0185. The standard InChI is InChI=1S/C17H8Cl2N2O5S2/c18-10-2-1-9(5-11(10)19)20-16(22)15(28-17(20)27)4-8-3-13-14(26-7-25-13)6-12(8)21(23)24/h1-6H,7H2/b15-4+. The zero-order chi connectivity index (χ0) is 20.0. The van der Waals surface area contributed by atoms with Gasteiger partial charge in [0.1, 0.15) is 0 Å². The largest absolute Gasteiger partial charge is 0.454 e. The van der Waals surface area contributed by atoms with Crippen LogP contribution in [0.1, 0.15) is 5.56 Å². The van der Waals surface area contributed by atoms with Gasteiger partial charge in [0.25, 0.3) is 11.6 Å². The number of anilines is 1. The fourth-order valence-corrected chi connectivity index (χ4v) is 4.26. The second-order valence-electron chi connectivity index (χ2n) is 5.64. The van der Waals surface area contributed by atoms with Crippen LogP contribution >= 0.6 is 47.2 Å². The van der Waals surface area contributed by atoms with Crippen LogP contribution < -0.4 is 14.4 Å². The third-order valence-corrected chi connectivity index (χ3v) is 6.00. The Balaban J connectivity index is 1.74. The predicted molar refractivity (Wildman–Crippen MR) is 111 cm³/mol. The minimum atomic E-state index is -0.548. The van der Waals surface area contributed by atoms with Crippen molar-refractivity contribution >= 4 is 74.9 Å².